The third kappa shape index (κ3) is 5.73. The van der Waals surface area contributed by atoms with Crippen LogP contribution in [-0.2, 0) is 4.79 Å². The highest BCUT2D eigenvalue weighted by atomic mass is 16.5. The molecular weight excluding hydrogens is 430 g/mol. The van der Waals surface area contributed by atoms with Crippen LogP contribution in [0.15, 0.2) is 66.7 Å². The standard InChI is InChI=1S/C27H29N3O4/c1-19-11-12-24(27(32)29-21-7-6-10-23(17-21)33-2)26(28-19)20-13-15-30(16-14-20)25(31)18-34-22-8-4-3-5-9-22/h3-12,17,20H,13-16,18H2,1-2H3,(H,29,32). The van der Waals surface area contributed by atoms with Gasteiger partial charge in [-0.1, -0.05) is 24.3 Å². The lowest BCUT2D eigenvalue weighted by molar-refractivity contribution is -0.134. The van der Waals surface area contributed by atoms with Crippen LogP contribution in [0.5, 0.6) is 11.5 Å². The Morgan fingerprint density at radius 2 is 1.74 bits per heavy atom. The first-order valence-electron chi connectivity index (χ1n) is 11.4. The van der Waals surface area contributed by atoms with Crippen molar-refractivity contribution in [3.8, 4) is 11.5 Å². The lowest BCUT2D eigenvalue weighted by atomic mass is 9.89. The van der Waals surface area contributed by atoms with Crippen molar-refractivity contribution in [2.24, 2.45) is 0 Å². The van der Waals surface area contributed by atoms with Crippen molar-refractivity contribution in [1.82, 2.24) is 9.88 Å². The van der Waals surface area contributed by atoms with E-state index in [1.807, 2.05) is 72.5 Å². The second-order valence-corrected chi connectivity index (χ2v) is 8.33. The summed E-state index contributed by atoms with van der Waals surface area (Å²) in [6.45, 7) is 3.15. The van der Waals surface area contributed by atoms with Crippen molar-refractivity contribution in [3.63, 3.8) is 0 Å². The number of carbonyl (C=O) groups excluding carboxylic acids is 2. The zero-order valence-corrected chi connectivity index (χ0v) is 19.5. The summed E-state index contributed by atoms with van der Waals surface area (Å²) in [6, 6.07) is 20.3. The number of benzene rings is 2. The topological polar surface area (TPSA) is 80.8 Å². The van der Waals surface area contributed by atoms with Crippen LogP contribution in [0.3, 0.4) is 0 Å². The van der Waals surface area contributed by atoms with E-state index in [-0.39, 0.29) is 24.3 Å². The fourth-order valence-corrected chi connectivity index (χ4v) is 4.13. The molecule has 2 aromatic carbocycles. The fraction of sp³-hybridized carbons (Fsp3) is 0.296. The number of ether oxygens (including phenoxy) is 2. The Balaban J connectivity index is 1.40. The highest BCUT2D eigenvalue weighted by Gasteiger charge is 2.28. The minimum absolute atomic E-state index is 0.0194. The molecule has 1 aliphatic rings. The number of anilines is 1. The summed E-state index contributed by atoms with van der Waals surface area (Å²) in [5, 5.41) is 2.95. The normalized spacial score (nSPS) is 13.9. The van der Waals surface area contributed by atoms with Gasteiger partial charge in [0.1, 0.15) is 11.5 Å². The largest absolute Gasteiger partial charge is 0.497 e. The van der Waals surface area contributed by atoms with Crippen molar-refractivity contribution < 1.29 is 19.1 Å². The molecule has 1 saturated heterocycles. The Bertz CT molecular complexity index is 1140. The average Bonchev–Trinajstić information content (AvgIpc) is 2.88. The molecule has 7 heteroatoms. The molecule has 0 unspecified atom stereocenters. The molecule has 1 aliphatic heterocycles. The van der Waals surface area contributed by atoms with E-state index in [1.165, 1.54) is 0 Å². The number of nitrogens with zero attached hydrogens (tertiary/aromatic N) is 2. The van der Waals surface area contributed by atoms with Gasteiger partial charge in [0.05, 0.1) is 18.4 Å². The summed E-state index contributed by atoms with van der Waals surface area (Å²) in [5.74, 6) is 1.22. The Hall–Kier alpha value is -3.87. The maximum Gasteiger partial charge on any atom is 0.260 e. The molecule has 4 rings (SSSR count). The molecule has 0 aliphatic carbocycles. The second-order valence-electron chi connectivity index (χ2n) is 8.33. The maximum absolute atomic E-state index is 13.1. The van der Waals surface area contributed by atoms with Crippen LogP contribution in [0, 0.1) is 6.92 Å². The number of likely N-dealkylation sites (tertiary alicyclic amines) is 1. The molecule has 176 valence electrons. The molecule has 34 heavy (non-hydrogen) atoms. The average molecular weight is 460 g/mol. The van der Waals surface area contributed by atoms with Crippen LogP contribution in [0.25, 0.3) is 0 Å². The molecule has 0 bridgehead atoms. The van der Waals surface area contributed by atoms with Gasteiger partial charge in [0.2, 0.25) is 0 Å². The minimum Gasteiger partial charge on any atom is -0.497 e. The summed E-state index contributed by atoms with van der Waals surface area (Å²) in [7, 11) is 1.59. The quantitative estimate of drug-likeness (QED) is 0.565. The number of hydrogen-bond acceptors (Lipinski definition) is 5. The van der Waals surface area contributed by atoms with Crippen LogP contribution in [0.1, 0.15) is 40.5 Å². The van der Waals surface area contributed by atoms with Gasteiger partial charge in [-0.3, -0.25) is 14.6 Å². The van der Waals surface area contributed by atoms with Gasteiger partial charge in [-0.2, -0.15) is 0 Å². The molecule has 0 saturated carbocycles. The van der Waals surface area contributed by atoms with E-state index < -0.39 is 0 Å². The third-order valence-electron chi connectivity index (χ3n) is 5.98. The zero-order valence-electron chi connectivity index (χ0n) is 19.5. The maximum atomic E-state index is 13.1. The number of aromatic nitrogens is 1. The van der Waals surface area contributed by atoms with Gasteiger partial charge in [0.25, 0.3) is 11.8 Å². The summed E-state index contributed by atoms with van der Waals surface area (Å²) >= 11 is 0. The van der Waals surface area contributed by atoms with Gasteiger partial charge in [-0.25, -0.2) is 0 Å². The van der Waals surface area contributed by atoms with Crippen LogP contribution in [0.2, 0.25) is 0 Å². The number of piperidine rings is 1. The minimum atomic E-state index is -0.203. The zero-order chi connectivity index (χ0) is 23.9. The van der Waals surface area contributed by atoms with E-state index in [2.05, 4.69) is 5.32 Å². The Morgan fingerprint density at radius 1 is 1.00 bits per heavy atom. The van der Waals surface area contributed by atoms with E-state index in [0.717, 1.165) is 24.2 Å². The lowest BCUT2D eigenvalue weighted by Crippen LogP contribution is -2.40. The number of nitrogens with one attached hydrogen (secondary N) is 1. The van der Waals surface area contributed by atoms with Gasteiger partial charge in [0.15, 0.2) is 6.61 Å². The van der Waals surface area contributed by atoms with Crippen molar-refractivity contribution in [1.29, 1.82) is 0 Å². The van der Waals surface area contributed by atoms with Crippen LogP contribution >= 0.6 is 0 Å². The number of carbonyl (C=O) groups is 2. The van der Waals surface area contributed by atoms with Crippen molar-refractivity contribution in [3.05, 3.63) is 83.7 Å². The van der Waals surface area contributed by atoms with E-state index in [9.17, 15) is 9.59 Å². The first-order valence-corrected chi connectivity index (χ1v) is 11.4. The number of rotatable bonds is 7. The highest BCUT2D eigenvalue weighted by molar-refractivity contribution is 6.05. The predicted octanol–water partition coefficient (Wildman–Crippen LogP) is 4.44. The lowest BCUT2D eigenvalue weighted by Gasteiger charge is -2.32. The van der Waals surface area contributed by atoms with Gasteiger partial charge in [-0.05, 0) is 56.2 Å². The molecule has 0 spiro atoms. The number of hydrogen-bond donors (Lipinski definition) is 1. The molecule has 2 heterocycles. The summed E-state index contributed by atoms with van der Waals surface area (Å²) in [6.07, 6.45) is 1.49. The summed E-state index contributed by atoms with van der Waals surface area (Å²) in [5.41, 5.74) is 2.87. The number of methoxy groups -OCH3 is 1. The van der Waals surface area contributed by atoms with Gasteiger partial charge < -0.3 is 19.7 Å². The molecule has 0 radical (unpaired) electrons. The van der Waals surface area contributed by atoms with Crippen LogP contribution < -0.4 is 14.8 Å². The monoisotopic (exact) mass is 459 g/mol. The van der Waals surface area contributed by atoms with E-state index in [4.69, 9.17) is 14.5 Å². The number of amides is 2. The first-order chi connectivity index (χ1) is 16.5. The number of pyridine rings is 1. The summed E-state index contributed by atoms with van der Waals surface area (Å²) < 4.78 is 10.9. The molecule has 3 aromatic rings. The van der Waals surface area contributed by atoms with Gasteiger partial charge >= 0.3 is 0 Å². The second kappa shape index (κ2) is 10.8. The van der Waals surface area contributed by atoms with Gasteiger partial charge in [0, 0.05) is 36.5 Å². The first kappa shape index (κ1) is 23.3. The number of para-hydroxylation sites is 1. The molecule has 1 aromatic heterocycles. The van der Waals surface area contributed by atoms with E-state index >= 15 is 0 Å². The third-order valence-corrected chi connectivity index (χ3v) is 5.98. The van der Waals surface area contributed by atoms with Crippen LogP contribution in [-0.4, -0.2) is 48.5 Å². The highest BCUT2D eigenvalue weighted by Crippen LogP contribution is 2.30. The molecule has 1 N–H and O–H groups in total. The van der Waals surface area contributed by atoms with Crippen LogP contribution in [0.4, 0.5) is 5.69 Å². The Morgan fingerprint density at radius 3 is 2.47 bits per heavy atom. The van der Waals surface area contributed by atoms with E-state index in [1.54, 1.807) is 13.2 Å². The molecular formula is C27H29N3O4. The SMILES string of the molecule is COc1cccc(NC(=O)c2ccc(C)nc2C2CCN(C(=O)COc3ccccc3)CC2)c1. The van der Waals surface area contributed by atoms with E-state index in [0.29, 0.717) is 35.8 Å². The molecule has 0 atom stereocenters. The fourth-order valence-electron chi connectivity index (χ4n) is 4.13. The van der Waals surface area contributed by atoms with Gasteiger partial charge in [-0.15, -0.1) is 0 Å². The summed E-state index contributed by atoms with van der Waals surface area (Å²) in [4.78, 5) is 32.3. The number of aryl methyl sites for hydroxylation is 1. The van der Waals surface area contributed by atoms with Crippen molar-refractivity contribution in [2.75, 3.05) is 32.1 Å². The predicted molar refractivity (Wildman–Crippen MR) is 130 cm³/mol. The van der Waals surface area contributed by atoms with Crippen molar-refractivity contribution in [2.45, 2.75) is 25.7 Å². The molecule has 2 amide bonds. The molecule has 1 fully saturated rings. The smallest absolute Gasteiger partial charge is 0.260 e. The Kier molecular flexibility index (Phi) is 7.42. The molecule has 7 nitrogen and oxygen atoms in total. The Labute approximate surface area is 199 Å². The van der Waals surface area contributed by atoms with Crippen molar-refractivity contribution >= 4 is 17.5 Å².